The van der Waals surface area contributed by atoms with Crippen LogP contribution in [0.3, 0.4) is 0 Å². The van der Waals surface area contributed by atoms with Gasteiger partial charge in [0.1, 0.15) is 11.5 Å². The molecule has 0 aliphatic rings. The molecule has 0 aliphatic carbocycles. The zero-order valence-electron chi connectivity index (χ0n) is 15.2. The molecule has 1 N–H and O–H groups in total. The molecule has 0 aliphatic heterocycles. The lowest BCUT2D eigenvalue weighted by Crippen LogP contribution is -2.44. The van der Waals surface area contributed by atoms with Crippen LogP contribution < -0.4 is 20.7 Å². The van der Waals surface area contributed by atoms with E-state index in [4.69, 9.17) is 9.47 Å². The van der Waals surface area contributed by atoms with Crippen LogP contribution in [0.2, 0.25) is 0 Å². The third-order valence-electron chi connectivity index (χ3n) is 4.05. The quantitative estimate of drug-likeness (QED) is 0.679. The molecule has 0 amide bonds. The maximum Gasteiger partial charge on any atom is 0.362 e. The fourth-order valence-electron chi connectivity index (χ4n) is 2.63. The first-order valence-corrected chi connectivity index (χ1v) is 8.19. The fourth-order valence-corrected chi connectivity index (χ4v) is 2.63. The molecule has 9 heteroatoms. The first kappa shape index (κ1) is 18.9. The lowest BCUT2D eigenvalue weighted by molar-refractivity contribution is 0.0684. The van der Waals surface area contributed by atoms with Gasteiger partial charge in [-0.3, -0.25) is 9.36 Å². The fraction of sp³-hybridized carbons (Fsp3) is 0.158. The molecule has 9 nitrogen and oxygen atoms in total. The first-order chi connectivity index (χ1) is 13.4. The van der Waals surface area contributed by atoms with Crippen LogP contribution in [0.1, 0.15) is 16.1 Å². The molecule has 2 aromatic carbocycles. The summed E-state index contributed by atoms with van der Waals surface area (Å²) in [7, 11) is 2.99. The van der Waals surface area contributed by atoms with Crippen molar-refractivity contribution < 1.29 is 19.4 Å². The smallest absolute Gasteiger partial charge is 0.362 e. The summed E-state index contributed by atoms with van der Waals surface area (Å²) >= 11 is 0. The molecule has 0 unspecified atom stereocenters. The molecule has 0 fully saturated rings. The second-order valence-corrected chi connectivity index (χ2v) is 5.79. The van der Waals surface area contributed by atoms with Crippen molar-refractivity contribution in [2.24, 2.45) is 0 Å². The van der Waals surface area contributed by atoms with Gasteiger partial charge in [0.25, 0.3) is 5.56 Å². The molecular weight excluding hydrogens is 366 g/mol. The van der Waals surface area contributed by atoms with Crippen molar-refractivity contribution in [1.82, 2.24) is 14.3 Å². The van der Waals surface area contributed by atoms with Gasteiger partial charge in [0.15, 0.2) is 0 Å². The summed E-state index contributed by atoms with van der Waals surface area (Å²) in [5.74, 6) is -0.417. The summed E-state index contributed by atoms with van der Waals surface area (Å²) in [6.45, 7) is -0.131. The highest BCUT2D eigenvalue weighted by Gasteiger charge is 2.20. The third kappa shape index (κ3) is 3.63. The van der Waals surface area contributed by atoms with E-state index in [9.17, 15) is 19.5 Å². The molecule has 0 spiro atoms. The van der Waals surface area contributed by atoms with Crippen LogP contribution in [0, 0.1) is 0 Å². The van der Waals surface area contributed by atoms with Crippen LogP contribution >= 0.6 is 0 Å². The molecule has 1 aromatic heterocycles. The second-order valence-electron chi connectivity index (χ2n) is 5.79. The third-order valence-corrected chi connectivity index (χ3v) is 4.05. The minimum Gasteiger partial charge on any atom is -0.497 e. The Morgan fingerprint density at radius 3 is 2.32 bits per heavy atom. The molecule has 0 saturated carbocycles. The van der Waals surface area contributed by atoms with Crippen LogP contribution in [-0.4, -0.2) is 39.6 Å². The number of aromatic nitrogens is 3. The summed E-state index contributed by atoms with van der Waals surface area (Å²) < 4.78 is 11.9. The van der Waals surface area contributed by atoms with Gasteiger partial charge >= 0.3 is 11.7 Å². The van der Waals surface area contributed by atoms with E-state index in [0.29, 0.717) is 22.7 Å². The highest BCUT2D eigenvalue weighted by Crippen LogP contribution is 2.14. The molecule has 1 heterocycles. The highest BCUT2D eigenvalue weighted by atomic mass is 16.5. The van der Waals surface area contributed by atoms with Crippen molar-refractivity contribution in [2.75, 3.05) is 14.2 Å². The van der Waals surface area contributed by atoms with Crippen LogP contribution in [-0.2, 0) is 6.54 Å². The highest BCUT2D eigenvalue weighted by molar-refractivity contribution is 5.84. The van der Waals surface area contributed by atoms with Gasteiger partial charge in [0, 0.05) is 0 Å². The van der Waals surface area contributed by atoms with Gasteiger partial charge < -0.3 is 14.6 Å². The molecule has 0 bridgehead atoms. The Balaban J connectivity index is 2.17. The van der Waals surface area contributed by atoms with Gasteiger partial charge in [0.05, 0.1) is 26.5 Å². The zero-order chi connectivity index (χ0) is 20.3. The predicted molar refractivity (Wildman–Crippen MR) is 99.7 cm³/mol. The summed E-state index contributed by atoms with van der Waals surface area (Å²) in [6.07, 6.45) is 0. The van der Waals surface area contributed by atoms with E-state index < -0.39 is 22.9 Å². The van der Waals surface area contributed by atoms with Gasteiger partial charge in [-0.2, -0.15) is 9.78 Å². The van der Waals surface area contributed by atoms with E-state index in [1.54, 1.807) is 48.5 Å². The number of aromatic carboxylic acids is 1. The number of carboxylic acids is 1. The van der Waals surface area contributed by atoms with E-state index in [1.165, 1.54) is 14.2 Å². The number of benzene rings is 2. The van der Waals surface area contributed by atoms with Gasteiger partial charge in [-0.25, -0.2) is 9.59 Å². The molecule has 3 rings (SSSR count). The first-order valence-electron chi connectivity index (χ1n) is 8.19. The normalized spacial score (nSPS) is 10.5. The maximum atomic E-state index is 12.9. The predicted octanol–water partition coefficient (Wildman–Crippen LogP) is 1.16. The van der Waals surface area contributed by atoms with E-state index in [-0.39, 0.29) is 6.54 Å². The maximum absolute atomic E-state index is 12.9. The number of carbonyl (C=O) groups is 1. The summed E-state index contributed by atoms with van der Waals surface area (Å²) in [5.41, 5.74) is -1.60. The van der Waals surface area contributed by atoms with E-state index in [1.807, 2.05) is 0 Å². The summed E-state index contributed by atoms with van der Waals surface area (Å²) in [4.78, 5) is 36.9. The van der Waals surface area contributed by atoms with Crippen molar-refractivity contribution >= 4 is 5.97 Å². The van der Waals surface area contributed by atoms with E-state index in [0.717, 1.165) is 9.25 Å². The minimum atomic E-state index is -1.52. The molecule has 28 heavy (non-hydrogen) atoms. The minimum absolute atomic E-state index is 0.131. The van der Waals surface area contributed by atoms with Crippen LogP contribution in [0.25, 0.3) is 5.69 Å². The largest absolute Gasteiger partial charge is 0.497 e. The van der Waals surface area contributed by atoms with E-state index >= 15 is 0 Å². The standard InChI is InChI=1S/C19H17N3O6/c1-27-14-8-6-13(7-9-14)22-19(26)21(17(23)16(20-22)18(24)25)11-12-4-3-5-15(10-12)28-2/h3-10H,11H2,1-2H3,(H,24,25). The van der Waals surface area contributed by atoms with Gasteiger partial charge in [-0.05, 0) is 42.0 Å². The number of nitrogens with zero attached hydrogens (tertiary/aromatic N) is 3. The van der Waals surface area contributed by atoms with Crippen molar-refractivity contribution in [2.45, 2.75) is 6.54 Å². The van der Waals surface area contributed by atoms with Gasteiger partial charge in [0.2, 0.25) is 5.69 Å². The number of rotatable bonds is 6. The average molecular weight is 383 g/mol. The van der Waals surface area contributed by atoms with Crippen molar-refractivity contribution in [1.29, 1.82) is 0 Å². The Morgan fingerprint density at radius 1 is 1.04 bits per heavy atom. The molecular formula is C19H17N3O6. The molecule has 0 radical (unpaired) electrons. The topological polar surface area (TPSA) is 113 Å². The lowest BCUT2D eigenvalue weighted by Gasteiger charge is -2.11. The number of ether oxygens (including phenoxy) is 2. The van der Waals surface area contributed by atoms with Crippen LogP contribution in [0.5, 0.6) is 11.5 Å². The Labute approximate surface area is 159 Å². The van der Waals surface area contributed by atoms with Crippen molar-refractivity contribution in [3.05, 3.63) is 80.6 Å². The van der Waals surface area contributed by atoms with Gasteiger partial charge in [-0.1, -0.05) is 12.1 Å². The Morgan fingerprint density at radius 2 is 1.71 bits per heavy atom. The molecule has 0 atom stereocenters. The Kier molecular flexibility index (Phi) is 5.25. The zero-order valence-corrected chi connectivity index (χ0v) is 15.2. The van der Waals surface area contributed by atoms with Gasteiger partial charge in [-0.15, -0.1) is 0 Å². The average Bonchev–Trinajstić information content (AvgIpc) is 2.71. The number of carboxylic acid groups (broad SMARTS) is 1. The lowest BCUT2D eigenvalue weighted by atomic mass is 10.2. The SMILES string of the molecule is COc1ccc(-n2nc(C(=O)O)c(=O)n(Cc3cccc(OC)c3)c2=O)cc1. The summed E-state index contributed by atoms with van der Waals surface area (Å²) in [6, 6.07) is 13.1. The number of hydrogen-bond donors (Lipinski definition) is 1. The molecule has 0 saturated heterocycles. The Hall–Kier alpha value is -3.88. The number of methoxy groups -OCH3 is 2. The van der Waals surface area contributed by atoms with Crippen LogP contribution in [0.4, 0.5) is 0 Å². The number of hydrogen-bond acceptors (Lipinski definition) is 6. The monoisotopic (exact) mass is 383 g/mol. The summed E-state index contributed by atoms with van der Waals surface area (Å²) in [5, 5.41) is 13.1. The Bertz CT molecular complexity index is 1130. The van der Waals surface area contributed by atoms with E-state index in [2.05, 4.69) is 5.10 Å². The van der Waals surface area contributed by atoms with Crippen molar-refractivity contribution in [3.63, 3.8) is 0 Å². The van der Waals surface area contributed by atoms with Crippen LogP contribution in [0.15, 0.2) is 58.1 Å². The second kappa shape index (κ2) is 7.78. The molecule has 3 aromatic rings. The molecule has 144 valence electrons. The van der Waals surface area contributed by atoms with Crippen molar-refractivity contribution in [3.8, 4) is 17.2 Å².